The lowest BCUT2D eigenvalue weighted by Crippen LogP contribution is -2.49. The number of carbonyl (C=O) groups is 1. The third-order valence-corrected chi connectivity index (χ3v) is 6.97. The van der Waals surface area contributed by atoms with Gasteiger partial charge in [0, 0.05) is 74.4 Å². The van der Waals surface area contributed by atoms with Gasteiger partial charge in [0.15, 0.2) is 0 Å². The van der Waals surface area contributed by atoms with Gasteiger partial charge in [-0.15, -0.1) is 0 Å². The standard InChI is InChI=1S/C26H32ClN5OS/c1-20(2)19-32(26-28-24(29-34-26)17-21-7-4-3-5-8-21)12-11-25(33)31-15-13-30(14-16-31)23-10-6-9-22(27)18-23/h3-10,18,20H,11-17,19H2,1-2H3. The normalized spacial score (nSPS) is 14.0. The molecular formula is C26H32ClN5OS. The van der Waals surface area contributed by atoms with Crippen molar-refractivity contribution in [3.8, 4) is 0 Å². The van der Waals surface area contributed by atoms with Gasteiger partial charge in [0.2, 0.25) is 11.0 Å². The summed E-state index contributed by atoms with van der Waals surface area (Å²) >= 11 is 7.57. The third-order valence-electron chi connectivity index (χ3n) is 5.92. The number of rotatable bonds is 9. The number of halogens is 1. The molecule has 1 saturated heterocycles. The van der Waals surface area contributed by atoms with E-state index in [1.807, 2.05) is 41.3 Å². The first-order valence-electron chi connectivity index (χ1n) is 11.9. The van der Waals surface area contributed by atoms with Gasteiger partial charge in [0.25, 0.3) is 0 Å². The number of nitrogens with zero attached hydrogens (tertiary/aromatic N) is 5. The van der Waals surface area contributed by atoms with Crippen molar-refractivity contribution in [1.29, 1.82) is 0 Å². The Bertz CT molecular complexity index is 1070. The highest BCUT2D eigenvalue weighted by Crippen LogP contribution is 2.23. The Kier molecular flexibility index (Phi) is 8.40. The Labute approximate surface area is 211 Å². The topological polar surface area (TPSA) is 52.6 Å². The second-order valence-electron chi connectivity index (χ2n) is 9.09. The third kappa shape index (κ3) is 6.70. The Morgan fingerprint density at radius 1 is 1.09 bits per heavy atom. The van der Waals surface area contributed by atoms with E-state index >= 15 is 0 Å². The van der Waals surface area contributed by atoms with E-state index in [4.69, 9.17) is 16.6 Å². The van der Waals surface area contributed by atoms with Crippen molar-refractivity contribution in [1.82, 2.24) is 14.3 Å². The number of carbonyl (C=O) groups excluding carboxylic acids is 1. The quantitative estimate of drug-likeness (QED) is 0.417. The number of amides is 1. The number of benzene rings is 2. The molecule has 1 aliphatic heterocycles. The van der Waals surface area contributed by atoms with Gasteiger partial charge in [0.1, 0.15) is 5.82 Å². The molecule has 3 aromatic rings. The van der Waals surface area contributed by atoms with Crippen molar-refractivity contribution in [3.05, 3.63) is 71.0 Å². The fraction of sp³-hybridized carbons (Fsp3) is 0.423. The lowest BCUT2D eigenvalue weighted by molar-refractivity contribution is -0.131. The molecule has 0 aliphatic carbocycles. The van der Waals surface area contributed by atoms with Crippen LogP contribution in [0.5, 0.6) is 0 Å². The summed E-state index contributed by atoms with van der Waals surface area (Å²) in [6.07, 6.45) is 1.21. The predicted molar refractivity (Wildman–Crippen MR) is 141 cm³/mol. The molecule has 4 rings (SSSR count). The van der Waals surface area contributed by atoms with E-state index in [1.165, 1.54) is 17.1 Å². The molecule has 8 heteroatoms. The monoisotopic (exact) mass is 497 g/mol. The van der Waals surface area contributed by atoms with Gasteiger partial charge in [-0.1, -0.05) is 61.8 Å². The van der Waals surface area contributed by atoms with Crippen LogP contribution in [0.25, 0.3) is 0 Å². The zero-order valence-electron chi connectivity index (χ0n) is 19.9. The molecule has 0 bridgehead atoms. The van der Waals surface area contributed by atoms with Crippen LogP contribution in [0, 0.1) is 5.92 Å². The van der Waals surface area contributed by atoms with Gasteiger partial charge in [0.05, 0.1) is 0 Å². The Hall–Kier alpha value is -2.64. The Morgan fingerprint density at radius 2 is 1.85 bits per heavy atom. The van der Waals surface area contributed by atoms with Crippen LogP contribution in [0.4, 0.5) is 10.8 Å². The maximum absolute atomic E-state index is 13.0. The molecule has 1 aromatic heterocycles. The second kappa shape index (κ2) is 11.7. The molecule has 0 radical (unpaired) electrons. The van der Waals surface area contributed by atoms with Gasteiger partial charge in [-0.05, 0) is 29.7 Å². The van der Waals surface area contributed by atoms with Crippen molar-refractivity contribution in [2.45, 2.75) is 26.7 Å². The number of anilines is 2. The predicted octanol–water partition coefficient (Wildman–Crippen LogP) is 4.98. The van der Waals surface area contributed by atoms with E-state index in [0.717, 1.165) is 60.8 Å². The van der Waals surface area contributed by atoms with Crippen molar-refractivity contribution in [2.24, 2.45) is 5.92 Å². The second-order valence-corrected chi connectivity index (χ2v) is 10.3. The van der Waals surface area contributed by atoms with Gasteiger partial charge in [-0.25, -0.2) is 4.98 Å². The summed E-state index contributed by atoms with van der Waals surface area (Å²) in [6, 6.07) is 18.2. The molecule has 34 heavy (non-hydrogen) atoms. The highest BCUT2D eigenvalue weighted by molar-refractivity contribution is 7.09. The Morgan fingerprint density at radius 3 is 2.56 bits per heavy atom. The molecule has 0 atom stereocenters. The summed E-state index contributed by atoms with van der Waals surface area (Å²) < 4.78 is 4.58. The molecule has 0 N–H and O–H groups in total. The molecule has 1 amide bonds. The lowest BCUT2D eigenvalue weighted by Gasteiger charge is -2.36. The molecule has 2 aromatic carbocycles. The van der Waals surface area contributed by atoms with E-state index in [0.29, 0.717) is 18.9 Å². The van der Waals surface area contributed by atoms with E-state index < -0.39 is 0 Å². The first-order chi connectivity index (χ1) is 16.5. The first kappa shape index (κ1) is 24.5. The number of hydrogen-bond acceptors (Lipinski definition) is 6. The van der Waals surface area contributed by atoms with Crippen molar-refractivity contribution >= 4 is 39.9 Å². The minimum Gasteiger partial charge on any atom is -0.368 e. The van der Waals surface area contributed by atoms with Crippen LogP contribution in [0.1, 0.15) is 31.7 Å². The van der Waals surface area contributed by atoms with E-state index in [1.54, 1.807) is 0 Å². The zero-order chi connectivity index (χ0) is 23.9. The number of hydrogen-bond donors (Lipinski definition) is 0. The molecule has 6 nitrogen and oxygen atoms in total. The molecule has 0 saturated carbocycles. The average molecular weight is 498 g/mol. The fourth-order valence-electron chi connectivity index (χ4n) is 4.20. The Balaban J connectivity index is 1.31. The van der Waals surface area contributed by atoms with Gasteiger partial charge in [-0.3, -0.25) is 4.79 Å². The maximum Gasteiger partial charge on any atom is 0.224 e. The van der Waals surface area contributed by atoms with Crippen LogP contribution in [-0.2, 0) is 11.2 Å². The zero-order valence-corrected chi connectivity index (χ0v) is 21.4. The van der Waals surface area contributed by atoms with Crippen LogP contribution < -0.4 is 9.80 Å². The largest absolute Gasteiger partial charge is 0.368 e. The van der Waals surface area contributed by atoms with Gasteiger partial charge >= 0.3 is 0 Å². The van der Waals surface area contributed by atoms with Crippen LogP contribution in [0.3, 0.4) is 0 Å². The number of piperazine rings is 1. The molecule has 180 valence electrons. The van der Waals surface area contributed by atoms with E-state index in [2.05, 4.69) is 46.2 Å². The van der Waals surface area contributed by atoms with Crippen molar-refractivity contribution in [2.75, 3.05) is 49.1 Å². The fourth-order valence-corrected chi connectivity index (χ4v) is 5.11. The van der Waals surface area contributed by atoms with Gasteiger partial charge < -0.3 is 14.7 Å². The summed E-state index contributed by atoms with van der Waals surface area (Å²) in [4.78, 5) is 24.3. The van der Waals surface area contributed by atoms with Crippen LogP contribution in [0.15, 0.2) is 54.6 Å². The molecule has 1 aliphatic rings. The summed E-state index contributed by atoms with van der Waals surface area (Å²) in [5, 5.41) is 1.64. The van der Waals surface area contributed by atoms with Crippen molar-refractivity contribution < 1.29 is 4.79 Å². The van der Waals surface area contributed by atoms with E-state index in [9.17, 15) is 4.79 Å². The molecular weight excluding hydrogens is 466 g/mol. The van der Waals surface area contributed by atoms with Gasteiger partial charge in [-0.2, -0.15) is 4.37 Å². The van der Waals surface area contributed by atoms with Crippen LogP contribution in [0.2, 0.25) is 5.02 Å². The smallest absolute Gasteiger partial charge is 0.224 e. The van der Waals surface area contributed by atoms with Crippen molar-refractivity contribution in [3.63, 3.8) is 0 Å². The summed E-state index contributed by atoms with van der Waals surface area (Å²) in [5.41, 5.74) is 2.32. The van der Waals surface area contributed by atoms with Crippen LogP contribution >= 0.6 is 23.1 Å². The minimum absolute atomic E-state index is 0.202. The highest BCUT2D eigenvalue weighted by Gasteiger charge is 2.23. The minimum atomic E-state index is 0.202. The lowest BCUT2D eigenvalue weighted by atomic mass is 10.1. The highest BCUT2D eigenvalue weighted by atomic mass is 35.5. The summed E-state index contributed by atoms with van der Waals surface area (Å²) in [6.45, 7) is 9.00. The maximum atomic E-state index is 13.0. The molecule has 0 spiro atoms. The number of aromatic nitrogens is 2. The average Bonchev–Trinajstić information content (AvgIpc) is 3.30. The SMILES string of the molecule is CC(C)CN(CCC(=O)N1CCN(c2cccc(Cl)c2)CC1)c1nc(Cc2ccccc2)ns1. The first-order valence-corrected chi connectivity index (χ1v) is 13.0. The molecule has 1 fully saturated rings. The molecule has 0 unspecified atom stereocenters. The van der Waals surface area contributed by atoms with Crippen LogP contribution in [-0.4, -0.2) is 59.4 Å². The summed E-state index contributed by atoms with van der Waals surface area (Å²) in [7, 11) is 0. The van der Waals surface area contributed by atoms with E-state index in [-0.39, 0.29) is 5.91 Å². The molecule has 2 heterocycles. The summed E-state index contributed by atoms with van der Waals surface area (Å²) in [5.74, 6) is 1.51.